The van der Waals surface area contributed by atoms with Gasteiger partial charge in [-0.15, -0.1) is 0 Å². The molecule has 2 rings (SSSR count). The summed E-state index contributed by atoms with van der Waals surface area (Å²) in [5.74, 6) is -6.42. The Morgan fingerprint density at radius 1 is 0.950 bits per heavy atom. The van der Waals surface area contributed by atoms with Gasteiger partial charge in [0.25, 0.3) is 0 Å². The predicted molar refractivity (Wildman–Crippen MR) is 144 cm³/mol. The number of rotatable bonds is 16. The van der Waals surface area contributed by atoms with Crippen LogP contribution in [0.25, 0.3) is 10.9 Å². The summed E-state index contributed by atoms with van der Waals surface area (Å²) in [6.45, 7) is 3.41. The Bertz CT molecular complexity index is 1240. The fourth-order valence-electron chi connectivity index (χ4n) is 4.03. The summed E-state index contributed by atoms with van der Waals surface area (Å²) >= 11 is 0. The van der Waals surface area contributed by atoms with E-state index in [-0.39, 0.29) is 19.3 Å². The van der Waals surface area contributed by atoms with Gasteiger partial charge in [0.05, 0.1) is 12.5 Å². The standard InChI is InChI=1S/C26H36N6O8/c1-3-13(2)22(25(38)31-19(26(39)40)11-21(34)35)32-24(37)18(30-23(36)16(27)8-9-20(28)33)10-14-12-29-17-7-5-4-6-15(14)17/h4-7,12-13,16,18-19,22,29H,3,8-11,27H2,1-2H3,(H2,28,33)(H,30,36)(H,31,38)(H,32,37)(H,34,35)(H,39,40). The Kier molecular flexibility index (Phi) is 11.6. The van der Waals surface area contributed by atoms with Gasteiger partial charge < -0.3 is 42.6 Å². The molecular formula is C26H36N6O8. The van der Waals surface area contributed by atoms with Gasteiger partial charge >= 0.3 is 11.9 Å². The van der Waals surface area contributed by atoms with Crippen molar-refractivity contribution in [3.8, 4) is 0 Å². The molecule has 14 heteroatoms. The molecule has 4 amide bonds. The summed E-state index contributed by atoms with van der Waals surface area (Å²) in [4.78, 5) is 76.1. The zero-order valence-corrected chi connectivity index (χ0v) is 22.3. The Hall–Kier alpha value is -4.46. The lowest BCUT2D eigenvalue weighted by molar-refractivity contribution is -0.147. The topological polar surface area (TPSA) is 247 Å². The molecule has 0 saturated heterocycles. The largest absolute Gasteiger partial charge is 0.481 e. The number of para-hydroxylation sites is 1. The first kappa shape index (κ1) is 31.8. The van der Waals surface area contributed by atoms with Crippen molar-refractivity contribution in [1.29, 1.82) is 0 Å². The number of aromatic amines is 1. The zero-order chi connectivity index (χ0) is 30.0. The van der Waals surface area contributed by atoms with E-state index in [0.717, 1.165) is 10.9 Å². The molecule has 218 valence electrons. The van der Waals surface area contributed by atoms with Crippen molar-refractivity contribution in [3.63, 3.8) is 0 Å². The van der Waals surface area contributed by atoms with Gasteiger partial charge in [0.15, 0.2) is 0 Å². The number of aliphatic carboxylic acids is 2. The maximum Gasteiger partial charge on any atom is 0.326 e. The number of primary amides is 1. The summed E-state index contributed by atoms with van der Waals surface area (Å²) in [5.41, 5.74) is 12.5. The van der Waals surface area contributed by atoms with Crippen LogP contribution < -0.4 is 27.4 Å². The fourth-order valence-corrected chi connectivity index (χ4v) is 4.03. The molecule has 0 saturated carbocycles. The van der Waals surface area contributed by atoms with Crippen molar-refractivity contribution in [3.05, 3.63) is 36.0 Å². The van der Waals surface area contributed by atoms with Crippen LogP contribution in [-0.4, -0.2) is 74.9 Å². The third kappa shape index (κ3) is 9.08. The first-order valence-electron chi connectivity index (χ1n) is 12.8. The second-order valence-electron chi connectivity index (χ2n) is 9.61. The molecule has 2 aromatic rings. The number of carboxylic acid groups (broad SMARTS) is 2. The van der Waals surface area contributed by atoms with E-state index < -0.39 is 72.1 Å². The minimum absolute atomic E-state index is 0.00966. The van der Waals surface area contributed by atoms with Crippen LogP contribution >= 0.6 is 0 Å². The van der Waals surface area contributed by atoms with E-state index in [1.54, 1.807) is 20.0 Å². The summed E-state index contributed by atoms with van der Waals surface area (Å²) in [6, 6.07) is 2.03. The number of carbonyl (C=O) groups excluding carboxylic acids is 4. The van der Waals surface area contributed by atoms with E-state index in [4.69, 9.17) is 16.6 Å². The maximum atomic E-state index is 13.5. The van der Waals surface area contributed by atoms with Crippen LogP contribution in [0.15, 0.2) is 30.5 Å². The number of nitrogens with one attached hydrogen (secondary N) is 4. The molecule has 5 unspecified atom stereocenters. The summed E-state index contributed by atoms with van der Waals surface area (Å²) < 4.78 is 0. The molecule has 5 atom stereocenters. The second kappa shape index (κ2) is 14.6. The number of hydrogen-bond acceptors (Lipinski definition) is 7. The molecule has 0 radical (unpaired) electrons. The Balaban J connectivity index is 2.32. The molecule has 0 aliphatic carbocycles. The lowest BCUT2D eigenvalue weighted by atomic mass is 9.96. The fraction of sp³-hybridized carbons (Fsp3) is 0.462. The minimum Gasteiger partial charge on any atom is -0.481 e. The Morgan fingerprint density at radius 2 is 1.60 bits per heavy atom. The molecule has 0 aliphatic rings. The summed E-state index contributed by atoms with van der Waals surface area (Å²) in [7, 11) is 0. The SMILES string of the molecule is CCC(C)C(NC(=O)C(Cc1c[nH]c2ccccc12)NC(=O)C(N)CCC(N)=O)C(=O)NC(CC(=O)O)C(=O)O. The van der Waals surface area contributed by atoms with Crippen LogP contribution in [0.4, 0.5) is 0 Å². The monoisotopic (exact) mass is 560 g/mol. The number of carboxylic acids is 2. The lowest BCUT2D eigenvalue weighted by Crippen LogP contribution is -2.59. The molecule has 1 aromatic carbocycles. The maximum absolute atomic E-state index is 13.5. The highest BCUT2D eigenvalue weighted by Gasteiger charge is 2.33. The number of fused-ring (bicyclic) bond motifs is 1. The van der Waals surface area contributed by atoms with Gasteiger partial charge in [0.1, 0.15) is 18.1 Å². The van der Waals surface area contributed by atoms with E-state index in [2.05, 4.69) is 20.9 Å². The number of nitrogens with two attached hydrogens (primary N) is 2. The van der Waals surface area contributed by atoms with Gasteiger partial charge in [-0.25, -0.2) is 4.79 Å². The van der Waals surface area contributed by atoms with E-state index in [9.17, 15) is 33.9 Å². The molecule has 1 aromatic heterocycles. The third-order valence-corrected chi connectivity index (χ3v) is 6.56. The molecule has 40 heavy (non-hydrogen) atoms. The molecule has 1 heterocycles. The smallest absolute Gasteiger partial charge is 0.326 e. The Morgan fingerprint density at radius 3 is 2.20 bits per heavy atom. The van der Waals surface area contributed by atoms with Crippen molar-refractivity contribution in [2.24, 2.45) is 17.4 Å². The number of aromatic nitrogens is 1. The van der Waals surface area contributed by atoms with Crippen LogP contribution in [0.1, 0.15) is 45.1 Å². The highest BCUT2D eigenvalue weighted by atomic mass is 16.4. The van der Waals surface area contributed by atoms with Gasteiger partial charge in [-0.05, 0) is 24.0 Å². The van der Waals surface area contributed by atoms with Crippen LogP contribution in [0.2, 0.25) is 0 Å². The molecule has 0 fully saturated rings. The number of benzene rings is 1. The van der Waals surface area contributed by atoms with Crippen molar-refractivity contribution in [2.75, 3.05) is 0 Å². The normalized spacial score (nSPS) is 14.8. The number of carbonyl (C=O) groups is 6. The first-order valence-corrected chi connectivity index (χ1v) is 12.8. The number of amides is 4. The van der Waals surface area contributed by atoms with E-state index in [0.29, 0.717) is 12.0 Å². The molecule has 0 spiro atoms. The molecule has 0 aliphatic heterocycles. The van der Waals surface area contributed by atoms with Crippen molar-refractivity contribution in [2.45, 2.75) is 70.1 Å². The van der Waals surface area contributed by atoms with Gasteiger partial charge in [-0.1, -0.05) is 38.5 Å². The van der Waals surface area contributed by atoms with Gasteiger partial charge in [-0.2, -0.15) is 0 Å². The molecule has 0 bridgehead atoms. The average molecular weight is 561 g/mol. The zero-order valence-electron chi connectivity index (χ0n) is 22.3. The quantitative estimate of drug-likeness (QED) is 0.130. The van der Waals surface area contributed by atoms with Crippen LogP contribution in [0, 0.1) is 5.92 Å². The first-order chi connectivity index (χ1) is 18.8. The predicted octanol–water partition coefficient (Wildman–Crippen LogP) is -0.637. The summed E-state index contributed by atoms with van der Waals surface area (Å²) in [5, 5.41) is 26.5. The Labute approximate surface area is 230 Å². The number of hydrogen-bond donors (Lipinski definition) is 8. The molecule has 14 nitrogen and oxygen atoms in total. The van der Waals surface area contributed by atoms with Gasteiger partial charge in [0.2, 0.25) is 23.6 Å². The minimum atomic E-state index is -1.71. The third-order valence-electron chi connectivity index (χ3n) is 6.56. The van der Waals surface area contributed by atoms with Gasteiger partial charge in [-0.3, -0.25) is 24.0 Å². The molecule has 10 N–H and O–H groups in total. The van der Waals surface area contributed by atoms with Crippen LogP contribution in [0.3, 0.4) is 0 Å². The van der Waals surface area contributed by atoms with Crippen molar-refractivity contribution >= 4 is 46.5 Å². The van der Waals surface area contributed by atoms with Gasteiger partial charge in [0, 0.05) is 29.9 Å². The second-order valence-corrected chi connectivity index (χ2v) is 9.61. The highest BCUT2D eigenvalue weighted by molar-refractivity contribution is 5.95. The number of H-pyrrole nitrogens is 1. The van der Waals surface area contributed by atoms with E-state index in [1.165, 1.54) is 0 Å². The van der Waals surface area contributed by atoms with Crippen LogP contribution in [-0.2, 0) is 35.2 Å². The average Bonchev–Trinajstić information content (AvgIpc) is 3.31. The molecular weight excluding hydrogens is 524 g/mol. The van der Waals surface area contributed by atoms with Crippen molar-refractivity contribution in [1.82, 2.24) is 20.9 Å². The van der Waals surface area contributed by atoms with E-state index in [1.807, 2.05) is 24.3 Å². The summed E-state index contributed by atoms with van der Waals surface area (Å²) in [6.07, 6.45) is 1.07. The lowest BCUT2D eigenvalue weighted by Gasteiger charge is -2.28. The highest BCUT2D eigenvalue weighted by Crippen LogP contribution is 2.20. The van der Waals surface area contributed by atoms with Crippen LogP contribution in [0.5, 0.6) is 0 Å². The van der Waals surface area contributed by atoms with E-state index >= 15 is 0 Å². The van der Waals surface area contributed by atoms with Crippen molar-refractivity contribution < 1.29 is 39.0 Å².